The molecule has 7 nitrogen and oxygen atoms in total. The molecule has 7 heteroatoms. The van der Waals surface area contributed by atoms with Gasteiger partial charge in [-0.3, -0.25) is 14.5 Å². The average Bonchev–Trinajstić information content (AvgIpc) is 2.82. The van der Waals surface area contributed by atoms with E-state index in [1.807, 2.05) is 57.4 Å². The van der Waals surface area contributed by atoms with E-state index >= 15 is 0 Å². The molecule has 0 unspecified atom stereocenters. The van der Waals surface area contributed by atoms with Crippen LogP contribution >= 0.6 is 0 Å². The Balaban J connectivity index is 1.39. The Labute approximate surface area is 197 Å². The van der Waals surface area contributed by atoms with Crippen molar-refractivity contribution >= 4 is 23.2 Å². The van der Waals surface area contributed by atoms with E-state index in [4.69, 9.17) is 0 Å². The summed E-state index contributed by atoms with van der Waals surface area (Å²) in [5, 5.41) is 2.83. The smallest absolute Gasteiger partial charge is 0.246 e. The summed E-state index contributed by atoms with van der Waals surface area (Å²) >= 11 is 0. The highest BCUT2D eigenvalue weighted by atomic mass is 16.2. The molecule has 1 aliphatic heterocycles. The predicted molar refractivity (Wildman–Crippen MR) is 134 cm³/mol. The number of nitrogens with zero attached hydrogens (tertiary/aromatic N) is 4. The first kappa shape index (κ1) is 24.3. The molecule has 2 amide bonds. The fourth-order valence-electron chi connectivity index (χ4n) is 3.70. The standard InChI is InChI=1S/C26H35N5O2/c1-28(2)23-9-5-21(6-10-23)19-27-25(32)13-14-26(33)31-17-15-30(16-18-31)20-22-7-11-24(12-8-22)29(3)4/h5-14H,15-20H2,1-4H3,(H,27,32)/b14-13+. The fourth-order valence-corrected chi connectivity index (χ4v) is 3.70. The maximum atomic E-state index is 12.5. The first-order valence-electron chi connectivity index (χ1n) is 11.3. The first-order valence-corrected chi connectivity index (χ1v) is 11.3. The van der Waals surface area contributed by atoms with Crippen LogP contribution in [0.2, 0.25) is 0 Å². The molecule has 1 heterocycles. The zero-order valence-corrected chi connectivity index (χ0v) is 20.1. The molecule has 2 aromatic carbocycles. The van der Waals surface area contributed by atoms with Gasteiger partial charge in [-0.25, -0.2) is 0 Å². The molecule has 3 rings (SSSR count). The molecule has 1 aliphatic rings. The Morgan fingerprint density at radius 2 is 1.30 bits per heavy atom. The van der Waals surface area contributed by atoms with Gasteiger partial charge in [0.15, 0.2) is 0 Å². The van der Waals surface area contributed by atoms with Crippen molar-refractivity contribution in [2.75, 3.05) is 64.2 Å². The lowest BCUT2D eigenvalue weighted by atomic mass is 10.1. The van der Waals surface area contributed by atoms with Crippen LogP contribution < -0.4 is 15.1 Å². The number of amides is 2. The third-order valence-electron chi connectivity index (χ3n) is 5.84. The van der Waals surface area contributed by atoms with Crippen LogP contribution in [0, 0.1) is 0 Å². The van der Waals surface area contributed by atoms with Crippen molar-refractivity contribution in [2.45, 2.75) is 13.1 Å². The Morgan fingerprint density at radius 3 is 1.82 bits per heavy atom. The second-order valence-electron chi connectivity index (χ2n) is 8.77. The molecule has 0 radical (unpaired) electrons. The number of carbonyl (C=O) groups excluding carboxylic acids is 2. The molecule has 1 N–H and O–H groups in total. The van der Waals surface area contributed by atoms with Crippen LogP contribution in [0.25, 0.3) is 0 Å². The van der Waals surface area contributed by atoms with E-state index in [1.165, 1.54) is 23.4 Å². The van der Waals surface area contributed by atoms with Crippen molar-refractivity contribution in [3.63, 3.8) is 0 Å². The van der Waals surface area contributed by atoms with Gasteiger partial charge in [0.2, 0.25) is 11.8 Å². The summed E-state index contributed by atoms with van der Waals surface area (Å²) < 4.78 is 0. The zero-order valence-electron chi connectivity index (χ0n) is 20.1. The van der Waals surface area contributed by atoms with Gasteiger partial charge in [0.1, 0.15) is 0 Å². The minimum atomic E-state index is -0.264. The van der Waals surface area contributed by atoms with Gasteiger partial charge in [0.05, 0.1) is 0 Å². The summed E-state index contributed by atoms with van der Waals surface area (Å²) in [7, 11) is 8.05. The Morgan fingerprint density at radius 1 is 0.788 bits per heavy atom. The lowest BCUT2D eigenvalue weighted by Crippen LogP contribution is -2.47. The molecular weight excluding hydrogens is 414 g/mol. The highest BCUT2D eigenvalue weighted by Crippen LogP contribution is 2.15. The second kappa shape index (κ2) is 11.5. The molecule has 1 saturated heterocycles. The number of anilines is 2. The van der Waals surface area contributed by atoms with E-state index < -0.39 is 0 Å². The summed E-state index contributed by atoms with van der Waals surface area (Å²) in [6, 6.07) is 16.6. The SMILES string of the molecule is CN(C)c1ccc(CNC(=O)/C=C/C(=O)N2CCN(Cc3ccc(N(C)C)cc3)CC2)cc1. The summed E-state index contributed by atoms with van der Waals surface area (Å²) in [5.41, 5.74) is 4.58. The van der Waals surface area contributed by atoms with Gasteiger partial charge in [-0.05, 0) is 35.4 Å². The molecule has 0 spiro atoms. The lowest BCUT2D eigenvalue weighted by Gasteiger charge is -2.34. The Bertz CT molecular complexity index is 944. The van der Waals surface area contributed by atoms with E-state index in [1.54, 1.807) is 4.90 Å². The number of benzene rings is 2. The normalized spacial score (nSPS) is 14.4. The number of carbonyl (C=O) groups is 2. The van der Waals surface area contributed by atoms with E-state index in [0.29, 0.717) is 19.6 Å². The largest absolute Gasteiger partial charge is 0.378 e. The van der Waals surface area contributed by atoms with Crippen LogP contribution in [-0.4, -0.2) is 76.0 Å². The molecule has 0 atom stereocenters. The molecule has 0 aliphatic carbocycles. The van der Waals surface area contributed by atoms with Crippen LogP contribution in [0.5, 0.6) is 0 Å². The van der Waals surface area contributed by atoms with Crippen LogP contribution in [0.4, 0.5) is 11.4 Å². The number of rotatable bonds is 8. The minimum absolute atomic E-state index is 0.115. The van der Waals surface area contributed by atoms with E-state index in [0.717, 1.165) is 30.9 Å². The van der Waals surface area contributed by atoms with E-state index in [9.17, 15) is 9.59 Å². The number of nitrogens with one attached hydrogen (secondary N) is 1. The number of hydrogen-bond acceptors (Lipinski definition) is 5. The van der Waals surface area contributed by atoms with Gasteiger partial charge >= 0.3 is 0 Å². The highest BCUT2D eigenvalue weighted by Gasteiger charge is 2.19. The topological polar surface area (TPSA) is 59.1 Å². The maximum Gasteiger partial charge on any atom is 0.246 e. The molecule has 0 aromatic heterocycles. The molecule has 2 aromatic rings. The second-order valence-corrected chi connectivity index (χ2v) is 8.77. The van der Waals surface area contributed by atoms with Crippen LogP contribution in [0.15, 0.2) is 60.7 Å². The molecule has 0 bridgehead atoms. The molecule has 1 fully saturated rings. The fraction of sp³-hybridized carbons (Fsp3) is 0.385. The highest BCUT2D eigenvalue weighted by molar-refractivity contribution is 5.96. The number of hydrogen-bond donors (Lipinski definition) is 1. The summed E-state index contributed by atoms with van der Waals surface area (Å²) in [5.74, 6) is -0.379. The third kappa shape index (κ3) is 7.36. The van der Waals surface area contributed by atoms with Gasteiger partial charge in [-0.15, -0.1) is 0 Å². The average molecular weight is 450 g/mol. The van der Waals surface area contributed by atoms with E-state index in [-0.39, 0.29) is 11.8 Å². The molecule has 33 heavy (non-hydrogen) atoms. The van der Waals surface area contributed by atoms with Crippen molar-refractivity contribution in [1.29, 1.82) is 0 Å². The number of piperazine rings is 1. The first-order chi connectivity index (χ1) is 15.8. The monoisotopic (exact) mass is 449 g/mol. The van der Waals surface area contributed by atoms with Crippen LogP contribution in [0.3, 0.4) is 0 Å². The van der Waals surface area contributed by atoms with Crippen molar-refractivity contribution in [3.8, 4) is 0 Å². The molecule has 0 saturated carbocycles. The summed E-state index contributed by atoms with van der Waals surface area (Å²) in [6.45, 7) is 4.29. The molecular formula is C26H35N5O2. The Kier molecular flexibility index (Phi) is 8.49. The third-order valence-corrected chi connectivity index (χ3v) is 5.84. The minimum Gasteiger partial charge on any atom is -0.378 e. The zero-order chi connectivity index (χ0) is 23.8. The quantitative estimate of drug-likeness (QED) is 0.627. The van der Waals surface area contributed by atoms with Crippen LogP contribution in [0.1, 0.15) is 11.1 Å². The van der Waals surface area contributed by atoms with Crippen molar-refractivity contribution in [2.24, 2.45) is 0 Å². The van der Waals surface area contributed by atoms with Gasteiger partial charge in [-0.1, -0.05) is 24.3 Å². The predicted octanol–water partition coefficient (Wildman–Crippen LogP) is 2.34. The van der Waals surface area contributed by atoms with Gasteiger partial charge in [0.25, 0.3) is 0 Å². The maximum absolute atomic E-state index is 12.5. The van der Waals surface area contributed by atoms with Crippen LogP contribution in [-0.2, 0) is 22.7 Å². The van der Waals surface area contributed by atoms with Crippen molar-refractivity contribution < 1.29 is 9.59 Å². The lowest BCUT2D eigenvalue weighted by molar-refractivity contribution is -0.128. The summed E-state index contributed by atoms with van der Waals surface area (Å²) in [6.07, 6.45) is 2.70. The Hall–Kier alpha value is -3.32. The van der Waals surface area contributed by atoms with Crippen molar-refractivity contribution in [3.05, 3.63) is 71.8 Å². The van der Waals surface area contributed by atoms with Crippen molar-refractivity contribution in [1.82, 2.24) is 15.1 Å². The van der Waals surface area contributed by atoms with Gasteiger partial charge in [-0.2, -0.15) is 0 Å². The van der Waals surface area contributed by atoms with Gasteiger partial charge < -0.3 is 20.0 Å². The van der Waals surface area contributed by atoms with E-state index in [2.05, 4.69) is 39.4 Å². The summed E-state index contributed by atoms with van der Waals surface area (Å²) in [4.78, 5) is 32.9. The van der Waals surface area contributed by atoms with Gasteiger partial charge in [0, 0.05) is 91.0 Å². The molecule has 176 valence electrons.